The third kappa shape index (κ3) is 4.27. The zero-order valence-corrected chi connectivity index (χ0v) is 17.3. The van der Waals surface area contributed by atoms with Gasteiger partial charge in [0.05, 0.1) is 28.8 Å². The minimum atomic E-state index is -1.90. The minimum absolute atomic E-state index is 0.0121. The third-order valence-corrected chi connectivity index (χ3v) is 10.1. The zero-order valence-electron chi connectivity index (χ0n) is 16.3. The number of pyridine rings is 1. The Morgan fingerprint density at radius 3 is 2.52 bits per heavy atom. The lowest BCUT2D eigenvalue weighted by atomic mass is 9.88. The summed E-state index contributed by atoms with van der Waals surface area (Å²) in [5.41, 5.74) is 0.625. The SMILES string of the molecule is C[C@@H]1C[C@H](c2ccncc2[N+](=O)[O-])O[C@H](C)[C@H]1O[Si](C)(C)C(C)(C)C. The van der Waals surface area contributed by atoms with Crippen molar-refractivity contribution in [3.63, 3.8) is 0 Å². The molecule has 1 aliphatic rings. The van der Waals surface area contributed by atoms with E-state index < -0.39 is 8.32 Å². The van der Waals surface area contributed by atoms with Gasteiger partial charge in [-0.05, 0) is 43.5 Å². The molecule has 1 aromatic heterocycles. The van der Waals surface area contributed by atoms with Crippen molar-refractivity contribution in [1.29, 1.82) is 0 Å². The highest BCUT2D eigenvalue weighted by Gasteiger charge is 2.44. The van der Waals surface area contributed by atoms with Crippen molar-refractivity contribution in [3.8, 4) is 0 Å². The number of ether oxygens (including phenoxy) is 1. The molecule has 0 radical (unpaired) electrons. The van der Waals surface area contributed by atoms with Crippen LogP contribution in [-0.2, 0) is 9.16 Å². The van der Waals surface area contributed by atoms with Crippen LogP contribution in [0.25, 0.3) is 0 Å². The molecule has 0 saturated carbocycles. The molecule has 25 heavy (non-hydrogen) atoms. The Hall–Kier alpha value is -1.31. The molecule has 4 atom stereocenters. The summed E-state index contributed by atoms with van der Waals surface area (Å²) in [6.07, 6.45) is 3.18. The molecule has 7 heteroatoms. The van der Waals surface area contributed by atoms with Gasteiger partial charge in [0.2, 0.25) is 0 Å². The van der Waals surface area contributed by atoms with E-state index in [0.29, 0.717) is 12.0 Å². The average Bonchev–Trinajstić information content (AvgIpc) is 2.49. The van der Waals surface area contributed by atoms with E-state index in [-0.39, 0.29) is 39.9 Å². The first-order chi connectivity index (χ1) is 11.4. The molecule has 2 heterocycles. The summed E-state index contributed by atoms with van der Waals surface area (Å²) in [7, 11) is -1.90. The van der Waals surface area contributed by atoms with E-state index in [9.17, 15) is 10.1 Å². The molecule has 1 aromatic rings. The predicted molar refractivity (Wildman–Crippen MR) is 100 cm³/mol. The van der Waals surface area contributed by atoms with Crippen LogP contribution in [0.5, 0.6) is 0 Å². The third-order valence-electron chi connectivity index (χ3n) is 5.60. The molecule has 0 aliphatic carbocycles. The number of hydrogen-bond donors (Lipinski definition) is 0. The molecule has 0 spiro atoms. The van der Waals surface area contributed by atoms with Crippen molar-refractivity contribution >= 4 is 14.0 Å². The van der Waals surface area contributed by atoms with Gasteiger partial charge in [-0.1, -0.05) is 27.7 Å². The van der Waals surface area contributed by atoms with Crippen molar-refractivity contribution in [1.82, 2.24) is 4.98 Å². The second kappa shape index (κ2) is 7.13. The van der Waals surface area contributed by atoms with E-state index in [1.165, 1.54) is 6.20 Å². The highest BCUT2D eigenvalue weighted by molar-refractivity contribution is 6.74. The number of rotatable bonds is 4. The molecule has 2 rings (SSSR count). The molecule has 1 fully saturated rings. The fourth-order valence-corrected chi connectivity index (χ4v) is 4.54. The van der Waals surface area contributed by atoms with E-state index in [1.54, 1.807) is 12.3 Å². The van der Waals surface area contributed by atoms with E-state index in [0.717, 1.165) is 0 Å². The first-order valence-electron chi connectivity index (χ1n) is 8.85. The molecule has 0 unspecified atom stereocenters. The van der Waals surface area contributed by atoms with Gasteiger partial charge in [-0.2, -0.15) is 0 Å². The summed E-state index contributed by atoms with van der Waals surface area (Å²) in [6.45, 7) is 15.3. The number of nitro groups is 1. The van der Waals surface area contributed by atoms with Crippen LogP contribution in [0.3, 0.4) is 0 Å². The second-order valence-electron chi connectivity index (χ2n) is 8.58. The topological polar surface area (TPSA) is 74.5 Å². The summed E-state index contributed by atoms with van der Waals surface area (Å²) < 4.78 is 12.8. The average molecular weight is 367 g/mol. The van der Waals surface area contributed by atoms with Crippen LogP contribution in [0.2, 0.25) is 18.1 Å². The van der Waals surface area contributed by atoms with E-state index in [4.69, 9.17) is 9.16 Å². The van der Waals surface area contributed by atoms with Gasteiger partial charge in [-0.3, -0.25) is 15.1 Å². The van der Waals surface area contributed by atoms with Gasteiger partial charge in [0.1, 0.15) is 6.20 Å². The summed E-state index contributed by atoms with van der Waals surface area (Å²) in [6, 6.07) is 1.69. The minimum Gasteiger partial charge on any atom is -0.411 e. The number of nitrogens with zero attached hydrogens (tertiary/aromatic N) is 2. The summed E-state index contributed by atoms with van der Waals surface area (Å²) >= 11 is 0. The first-order valence-corrected chi connectivity index (χ1v) is 11.8. The molecule has 1 aliphatic heterocycles. The quantitative estimate of drug-likeness (QED) is 0.432. The molecule has 0 amide bonds. The molecule has 1 saturated heterocycles. The Kier molecular flexibility index (Phi) is 5.70. The molecule has 0 bridgehead atoms. The lowest BCUT2D eigenvalue weighted by Gasteiger charge is -2.46. The highest BCUT2D eigenvalue weighted by atomic mass is 28.4. The van der Waals surface area contributed by atoms with Crippen LogP contribution in [0.15, 0.2) is 18.5 Å². The van der Waals surface area contributed by atoms with Crippen molar-refractivity contribution in [2.75, 3.05) is 0 Å². The summed E-state index contributed by atoms with van der Waals surface area (Å²) in [4.78, 5) is 14.8. The van der Waals surface area contributed by atoms with E-state index in [1.807, 2.05) is 6.92 Å². The zero-order chi connectivity index (χ0) is 19.0. The number of hydrogen-bond acceptors (Lipinski definition) is 5. The van der Waals surface area contributed by atoms with Crippen molar-refractivity contribution in [2.24, 2.45) is 5.92 Å². The van der Waals surface area contributed by atoms with Gasteiger partial charge < -0.3 is 9.16 Å². The first kappa shape index (κ1) is 20.0. The van der Waals surface area contributed by atoms with Crippen LogP contribution < -0.4 is 0 Å². The monoisotopic (exact) mass is 366 g/mol. The van der Waals surface area contributed by atoms with Crippen LogP contribution in [0.1, 0.15) is 52.7 Å². The Labute approximate surface area is 151 Å². The fourth-order valence-electron chi connectivity index (χ4n) is 3.08. The maximum absolute atomic E-state index is 11.3. The highest BCUT2D eigenvalue weighted by Crippen LogP contribution is 2.43. The largest absolute Gasteiger partial charge is 0.411 e. The normalized spacial score (nSPS) is 28.0. The summed E-state index contributed by atoms with van der Waals surface area (Å²) in [5.74, 6) is 0.260. The Bertz CT molecular complexity index is 618. The van der Waals surface area contributed by atoms with Crippen LogP contribution in [-0.4, -0.2) is 30.4 Å². The van der Waals surface area contributed by atoms with Gasteiger partial charge in [-0.15, -0.1) is 0 Å². The maximum Gasteiger partial charge on any atom is 0.293 e. The lowest BCUT2D eigenvalue weighted by Crippen LogP contribution is -2.51. The maximum atomic E-state index is 11.3. The van der Waals surface area contributed by atoms with Crippen LogP contribution in [0, 0.1) is 16.0 Å². The standard InChI is InChI=1S/C18H30N2O4Si/c1-12-10-16(14-8-9-19-11-15(14)20(21)22)23-13(2)17(12)24-25(6,7)18(3,4)5/h8-9,11-13,16-17H,10H2,1-7H3/t12-,13-,16-,17+/m1/s1. The second-order valence-corrected chi connectivity index (χ2v) is 13.3. The van der Waals surface area contributed by atoms with Gasteiger partial charge in [-0.25, -0.2) is 0 Å². The smallest absolute Gasteiger partial charge is 0.293 e. The molecule has 0 aromatic carbocycles. The Morgan fingerprint density at radius 1 is 1.36 bits per heavy atom. The van der Waals surface area contributed by atoms with Crippen molar-refractivity contribution in [3.05, 3.63) is 34.1 Å². The molecule has 6 nitrogen and oxygen atoms in total. The summed E-state index contributed by atoms with van der Waals surface area (Å²) in [5, 5.41) is 11.4. The Balaban J connectivity index is 2.19. The predicted octanol–water partition coefficient (Wildman–Crippen LogP) is 4.87. The van der Waals surface area contributed by atoms with Crippen LogP contribution >= 0.6 is 0 Å². The molecular formula is C18H30N2O4Si. The van der Waals surface area contributed by atoms with Crippen molar-refractivity contribution in [2.45, 2.75) is 77.5 Å². The number of aromatic nitrogens is 1. The Morgan fingerprint density at radius 2 is 2.00 bits per heavy atom. The van der Waals surface area contributed by atoms with Gasteiger partial charge in [0, 0.05) is 6.20 Å². The lowest BCUT2D eigenvalue weighted by molar-refractivity contribution is -0.386. The van der Waals surface area contributed by atoms with Crippen molar-refractivity contribution < 1.29 is 14.1 Å². The van der Waals surface area contributed by atoms with E-state index in [2.05, 4.69) is 45.8 Å². The molecule has 0 N–H and O–H groups in total. The van der Waals surface area contributed by atoms with Crippen LogP contribution in [0.4, 0.5) is 5.69 Å². The van der Waals surface area contributed by atoms with E-state index >= 15 is 0 Å². The van der Waals surface area contributed by atoms with Gasteiger partial charge >= 0.3 is 0 Å². The van der Waals surface area contributed by atoms with Gasteiger partial charge in [0.15, 0.2) is 8.32 Å². The molecular weight excluding hydrogens is 336 g/mol. The fraction of sp³-hybridized carbons (Fsp3) is 0.722. The van der Waals surface area contributed by atoms with Gasteiger partial charge in [0.25, 0.3) is 5.69 Å². The molecule has 140 valence electrons.